The summed E-state index contributed by atoms with van der Waals surface area (Å²) in [5.74, 6) is 2.72. The molecule has 2 rings (SSSR count). The molecule has 16 heavy (non-hydrogen) atoms. The number of rotatable bonds is 4. The van der Waals surface area contributed by atoms with Gasteiger partial charge in [0.05, 0.1) is 7.11 Å². The van der Waals surface area contributed by atoms with E-state index in [1.807, 2.05) is 18.3 Å². The Hall–Kier alpha value is -1.42. The second-order valence-corrected chi connectivity index (χ2v) is 4.26. The number of benzene rings is 1. The molecule has 0 aliphatic rings. The fourth-order valence-electron chi connectivity index (χ4n) is 1.60. The highest BCUT2D eigenvalue weighted by Gasteiger charge is 2.08. The fourth-order valence-corrected chi connectivity index (χ4v) is 2.16. The molecule has 0 fully saturated rings. The number of methoxy groups -OCH3 is 1. The van der Waals surface area contributed by atoms with Gasteiger partial charge in [-0.05, 0) is 24.0 Å². The number of imidazole rings is 1. The van der Waals surface area contributed by atoms with Crippen molar-refractivity contribution in [3.8, 4) is 17.1 Å². The Morgan fingerprint density at radius 3 is 2.94 bits per heavy atom. The zero-order valence-corrected chi connectivity index (χ0v) is 10.2. The first kappa shape index (κ1) is 11.1. The van der Waals surface area contributed by atoms with Crippen molar-refractivity contribution >= 4 is 11.8 Å². The molecule has 0 radical (unpaired) electrons. The van der Waals surface area contributed by atoms with Crippen molar-refractivity contribution in [2.45, 2.75) is 5.75 Å². The van der Waals surface area contributed by atoms with E-state index in [9.17, 15) is 0 Å². The first-order valence-electron chi connectivity index (χ1n) is 5.00. The molecule has 1 heterocycles. The molecule has 3 nitrogen and oxygen atoms in total. The van der Waals surface area contributed by atoms with Crippen molar-refractivity contribution < 1.29 is 4.74 Å². The second-order valence-electron chi connectivity index (χ2n) is 3.39. The van der Waals surface area contributed by atoms with Crippen LogP contribution in [0.3, 0.4) is 0 Å². The SMILES string of the molecule is COc1ccc(CSC)c(-c2ncc[nH]2)c1. The Balaban J connectivity index is 2.46. The van der Waals surface area contributed by atoms with E-state index in [4.69, 9.17) is 4.74 Å². The van der Waals surface area contributed by atoms with Gasteiger partial charge < -0.3 is 9.72 Å². The Labute approximate surface area is 99.2 Å². The average Bonchev–Trinajstić information content (AvgIpc) is 2.83. The zero-order chi connectivity index (χ0) is 11.4. The van der Waals surface area contributed by atoms with E-state index in [0.717, 1.165) is 22.9 Å². The molecule has 1 N–H and O–H groups in total. The highest BCUT2D eigenvalue weighted by molar-refractivity contribution is 7.97. The van der Waals surface area contributed by atoms with Gasteiger partial charge in [0, 0.05) is 23.7 Å². The van der Waals surface area contributed by atoms with Crippen LogP contribution in [0.15, 0.2) is 30.6 Å². The van der Waals surface area contributed by atoms with Crippen LogP contribution >= 0.6 is 11.8 Å². The molecule has 1 aromatic heterocycles. The van der Waals surface area contributed by atoms with Crippen molar-refractivity contribution in [3.63, 3.8) is 0 Å². The van der Waals surface area contributed by atoms with Gasteiger partial charge in [0.25, 0.3) is 0 Å². The minimum Gasteiger partial charge on any atom is -0.497 e. The highest BCUT2D eigenvalue weighted by Crippen LogP contribution is 2.27. The van der Waals surface area contributed by atoms with Crippen LogP contribution in [-0.2, 0) is 5.75 Å². The molecule has 0 saturated heterocycles. The maximum Gasteiger partial charge on any atom is 0.137 e. The van der Waals surface area contributed by atoms with Crippen molar-refractivity contribution in [2.75, 3.05) is 13.4 Å². The first-order chi connectivity index (χ1) is 7.85. The Morgan fingerprint density at radius 1 is 1.44 bits per heavy atom. The maximum absolute atomic E-state index is 5.24. The minimum absolute atomic E-state index is 0.858. The van der Waals surface area contributed by atoms with Crippen molar-refractivity contribution in [1.82, 2.24) is 9.97 Å². The average molecular weight is 234 g/mol. The normalized spacial score (nSPS) is 10.4. The van der Waals surface area contributed by atoms with Gasteiger partial charge in [0.1, 0.15) is 11.6 Å². The molecule has 4 heteroatoms. The number of hydrogen-bond donors (Lipinski definition) is 1. The van der Waals surface area contributed by atoms with Crippen molar-refractivity contribution in [1.29, 1.82) is 0 Å². The zero-order valence-electron chi connectivity index (χ0n) is 9.36. The van der Waals surface area contributed by atoms with Crippen molar-refractivity contribution in [2.24, 2.45) is 0 Å². The summed E-state index contributed by atoms with van der Waals surface area (Å²) in [6.07, 6.45) is 5.69. The van der Waals surface area contributed by atoms with Crippen LogP contribution in [-0.4, -0.2) is 23.3 Å². The van der Waals surface area contributed by atoms with Gasteiger partial charge >= 0.3 is 0 Å². The summed E-state index contributed by atoms with van der Waals surface area (Å²) in [6.45, 7) is 0. The Morgan fingerprint density at radius 2 is 2.31 bits per heavy atom. The van der Waals surface area contributed by atoms with Crippen molar-refractivity contribution in [3.05, 3.63) is 36.2 Å². The van der Waals surface area contributed by atoms with Gasteiger partial charge in [-0.3, -0.25) is 0 Å². The van der Waals surface area contributed by atoms with Crippen LogP contribution in [0, 0.1) is 0 Å². The molecule has 84 valence electrons. The summed E-state index contributed by atoms with van der Waals surface area (Å²) < 4.78 is 5.24. The predicted octanol–water partition coefficient (Wildman–Crippen LogP) is 2.95. The summed E-state index contributed by atoms with van der Waals surface area (Å²) in [6, 6.07) is 6.09. The third kappa shape index (κ3) is 2.22. The smallest absolute Gasteiger partial charge is 0.137 e. The van der Waals surface area contributed by atoms with Gasteiger partial charge in [0.2, 0.25) is 0 Å². The van der Waals surface area contributed by atoms with Gasteiger partial charge in [0.15, 0.2) is 0 Å². The van der Waals surface area contributed by atoms with Gasteiger partial charge in [-0.2, -0.15) is 11.8 Å². The molecule has 0 amide bonds. The van der Waals surface area contributed by atoms with Crippen LogP contribution in [0.2, 0.25) is 0 Å². The van der Waals surface area contributed by atoms with E-state index >= 15 is 0 Å². The van der Waals surface area contributed by atoms with Crippen LogP contribution in [0.25, 0.3) is 11.4 Å². The monoisotopic (exact) mass is 234 g/mol. The second kappa shape index (κ2) is 5.07. The lowest BCUT2D eigenvalue weighted by molar-refractivity contribution is 0.415. The molecule has 1 aromatic carbocycles. The molecule has 0 saturated carbocycles. The Kier molecular flexibility index (Phi) is 3.51. The van der Waals surface area contributed by atoms with Crippen LogP contribution in [0.1, 0.15) is 5.56 Å². The number of hydrogen-bond acceptors (Lipinski definition) is 3. The number of thioether (sulfide) groups is 1. The lowest BCUT2D eigenvalue weighted by atomic mass is 10.1. The van der Waals surface area contributed by atoms with Crippen LogP contribution in [0.5, 0.6) is 5.75 Å². The summed E-state index contributed by atoms with van der Waals surface area (Å²) >= 11 is 1.80. The summed E-state index contributed by atoms with van der Waals surface area (Å²) in [5, 5.41) is 0. The van der Waals surface area contributed by atoms with Crippen LogP contribution < -0.4 is 4.74 Å². The lowest BCUT2D eigenvalue weighted by Gasteiger charge is -2.08. The quantitative estimate of drug-likeness (QED) is 0.883. The van der Waals surface area contributed by atoms with E-state index in [0.29, 0.717) is 0 Å². The van der Waals surface area contributed by atoms with Gasteiger partial charge in [-0.25, -0.2) is 4.98 Å². The first-order valence-corrected chi connectivity index (χ1v) is 6.40. The highest BCUT2D eigenvalue weighted by atomic mass is 32.2. The lowest BCUT2D eigenvalue weighted by Crippen LogP contribution is -1.91. The van der Waals surface area contributed by atoms with E-state index in [1.54, 1.807) is 25.1 Å². The molecule has 0 aliphatic carbocycles. The molecule has 0 aliphatic heterocycles. The molecule has 0 spiro atoms. The predicted molar refractivity (Wildman–Crippen MR) is 67.8 cm³/mol. The van der Waals surface area contributed by atoms with Crippen LogP contribution in [0.4, 0.5) is 0 Å². The number of aromatic nitrogens is 2. The molecular weight excluding hydrogens is 220 g/mol. The number of ether oxygens (including phenoxy) is 1. The maximum atomic E-state index is 5.24. The summed E-state index contributed by atoms with van der Waals surface area (Å²) in [7, 11) is 1.68. The fraction of sp³-hybridized carbons (Fsp3) is 0.250. The topological polar surface area (TPSA) is 37.9 Å². The van der Waals surface area contributed by atoms with Gasteiger partial charge in [-0.15, -0.1) is 0 Å². The number of H-pyrrole nitrogens is 1. The molecule has 0 bridgehead atoms. The summed E-state index contributed by atoms with van der Waals surface area (Å²) in [5.41, 5.74) is 2.38. The minimum atomic E-state index is 0.858. The molecular formula is C12H14N2OS. The van der Waals surface area contributed by atoms with E-state index in [-0.39, 0.29) is 0 Å². The van der Waals surface area contributed by atoms with E-state index in [1.165, 1.54) is 5.56 Å². The number of nitrogens with one attached hydrogen (secondary N) is 1. The van der Waals surface area contributed by atoms with E-state index in [2.05, 4.69) is 22.3 Å². The van der Waals surface area contributed by atoms with Gasteiger partial charge in [-0.1, -0.05) is 6.07 Å². The number of aromatic amines is 1. The number of nitrogens with zero attached hydrogens (tertiary/aromatic N) is 1. The van der Waals surface area contributed by atoms with E-state index < -0.39 is 0 Å². The Bertz CT molecular complexity index is 454. The molecule has 0 atom stereocenters. The third-order valence-electron chi connectivity index (χ3n) is 2.37. The standard InChI is InChI=1S/C12H14N2OS/c1-15-10-4-3-9(8-16-2)11(7-10)12-13-5-6-14-12/h3-7H,8H2,1-2H3,(H,13,14). The molecule has 0 unspecified atom stereocenters. The molecule has 2 aromatic rings. The largest absolute Gasteiger partial charge is 0.497 e. The summed E-state index contributed by atoms with van der Waals surface area (Å²) in [4.78, 5) is 7.41. The third-order valence-corrected chi connectivity index (χ3v) is 2.97.